The number of anilines is 1. The molecule has 0 aliphatic rings. The van der Waals surface area contributed by atoms with E-state index in [4.69, 9.17) is 0 Å². The molecule has 0 unspecified atom stereocenters. The van der Waals surface area contributed by atoms with E-state index in [1.54, 1.807) is 7.05 Å². The normalized spacial score (nSPS) is 9.38. The predicted octanol–water partition coefficient (Wildman–Crippen LogP) is -0.186. The van der Waals surface area contributed by atoms with Crippen LogP contribution in [-0.2, 0) is 0 Å². The molecule has 13 heavy (non-hydrogen) atoms. The number of nitrogens with one attached hydrogen (secondary N) is 2. The Kier molecular flexibility index (Phi) is 2.58. The SMILES string of the molecule is CNC(=O)c1ncn(N=O)c1NC. The molecule has 0 saturated carbocycles. The second-order valence-electron chi connectivity index (χ2n) is 2.20. The summed E-state index contributed by atoms with van der Waals surface area (Å²) in [4.78, 5) is 25.1. The minimum Gasteiger partial charge on any atom is -0.371 e. The van der Waals surface area contributed by atoms with Gasteiger partial charge in [-0.05, 0) is 0 Å². The largest absolute Gasteiger partial charge is 0.371 e. The number of imidazole rings is 1. The third-order valence-electron chi connectivity index (χ3n) is 1.52. The van der Waals surface area contributed by atoms with Gasteiger partial charge in [0.1, 0.15) is 6.33 Å². The lowest BCUT2D eigenvalue weighted by Gasteiger charge is -2.00. The van der Waals surface area contributed by atoms with Crippen LogP contribution < -0.4 is 10.6 Å². The zero-order valence-electron chi connectivity index (χ0n) is 7.24. The van der Waals surface area contributed by atoms with Gasteiger partial charge in [-0.15, -0.1) is 4.91 Å². The third-order valence-corrected chi connectivity index (χ3v) is 1.52. The van der Waals surface area contributed by atoms with Crippen molar-refractivity contribution in [2.75, 3.05) is 19.4 Å². The van der Waals surface area contributed by atoms with E-state index in [2.05, 4.69) is 20.9 Å². The van der Waals surface area contributed by atoms with Crippen molar-refractivity contribution in [2.24, 2.45) is 5.29 Å². The maximum atomic E-state index is 11.2. The third kappa shape index (κ3) is 1.48. The maximum absolute atomic E-state index is 11.2. The lowest BCUT2D eigenvalue weighted by atomic mass is 10.4. The van der Waals surface area contributed by atoms with Gasteiger partial charge in [-0.1, -0.05) is 0 Å². The lowest BCUT2D eigenvalue weighted by molar-refractivity contribution is 0.0959. The first-order valence-corrected chi connectivity index (χ1v) is 3.55. The molecule has 0 aliphatic heterocycles. The van der Waals surface area contributed by atoms with E-state index in [0.717, 1.165) is 4.68 Å². The summed E-state index contributed by atoms with van der Waals surface area (Å²) in [5.41, 5.74) is 0.143. The molecular weight excluding hydrogens is 174 g/mol. The van der Waals surface area contributed by atoms with E-state index >= 15 is 0 Å². The lowest BCUT2D eigenvalue weighted by Crippen LogP contribution is -2.19. The van der Waals surface area contributed by atoms with E-state index < -0.39 is 0 Å². The van der Waals surface area contributed by atoms with Crippen molar-refractivity contribution >= 4 is 11.7 Å². The van der Waals surface area contributed by atoms with Crippen LogP contribution in [0.15, 0.2) is 11.6 Å². The fraction of sp³-hybridized carbons (Fsp3) is 0.333. The topological polar surface area (TPSA) is 88.4 Å². The number of amides is 1. The predicted molar refractivity (Wildman–Crippen MR) is 46.4 cm³/mol. The van der Waals surface area contributed by atoms with Crippen LogP contribution >= 0.6 is 0 Å². The average Bonchev–Trinajstić information content (AvgIpc) is 2.58. The van der Waals surface area contributed by atoms with Gasteiger partial charge >= 0.3 is 0 Å². The highest BCUT2D eigenvalue weighted by Gasteiger charge is 2.15. The number of nitrogens with zero attached hydrogens (tertiary/aromatic N) is 3. The number of hydrogen-bond acceptors (Lipinski definition) is 5. The van der Waals surface area contributed by atoms with Gasteiger partial charge in [0, 0.05) is 14.1 Å². The smallest absolute Gasteiger partial charge is 0.273 e. The Hall–Kier alpha value is -1.92. The first kappa shape index (κ1) is 9.17. The highest BCUT2D eigenvalue weighted by atomic mass is 16.3. The summed E-state index contributed by atoms with van der Waals surface area (Å²) in [5.74, 6) is -0.0962. The van der Waals surface area contributed by atoms with Crippen LogP contribution in [0.3, 0.4) is 0 Å². The summed E-state index contributed by atoms with van der Waals surface area (Å²) in [6.07, 6.45) is 1.17. The van der Waals surface area contributed by atoms with Crippen molar-refractivity contribution in [3.63, 3.8) is 0 Å². The molecule has 0 spiro atoms. The number of carbonyl (C=O) groups is 1. The monoisotopic (exact) mass is 183 g/mol. The van der Waals surface area contributed by atoms with Crippen molar-refractivity contribution in [3.05, 3.63) is 16.9 Å². The fourth-order valence-corrected chi connectivity index (χ4v) is 0.919. The second-order valence-corrected chi connectivity index (χ2v) is 2.20. The Labute approximate surface area is 74.1 Å². The molecule has 0 radical (unpaired) electrons. The van der Waals surface area contributed by atoms with Gasteiger partial charge in [0.15, 0.2) is 11.5 Å². The van der Waals surface area contributed by atoms with Gasteiger partial charge in [0.2, 0.25) is 0 Å². The van der Waals surface area contributed by atoms with Crippen molar-refractivity contribution < 1.29 is 4.79 Å². The van der Waals surface area contributed by atoms with Gasteiger partial charge in [-0.2, -0.15) is 4.68 Å². The summed E-state index contributed by atoms with van der Waals surface area (Å²) >= 11 is 0. The van der Waals surface area contributed by atoms with Crippen molar-refractivity contribution in [1.82, 2.24) is 15.0 Å². The molecule has 7 heteroatoms. The Morgan fingerprint density at radius 2 is 2.31 bits per heavy atom. The quantitative estimate of drug-likeness (QED) is 0.636. The van der Waals surface area contributed by atoms with Gasteiger partial charge in [-0.25, -0.2) is 4.98 Å². The summed E-state index contributed by atoms with van der Waals surface area (Å²) in [6, 6.07) is 0. The Morgan fingerprint density at radius 1 is 1.62 bits per heavy atom. The van der Waals surface area contributed by atoms with Crippen LogP contribution in [0.2, 0.25) is 0 Å². The van der Waals surface area contributed by atoms with Crippen molar-refractivity contribution in [1.29, 1.82) is 0 Å². The van der Waals surface area contributed by atoms with E-state index in [0.29, 0.717) is 0 Å². The van der Waals surface area contributed by atoms with Crippen LogP contribution in [0.25, 0.3) is 0 Å². The molecule has 1 rings (SSSR count). The number of nitroso groups, excluding NO2 is 1. The van der Waals surface area contributed by atoms with Crippen LogP contribution in [-0.4, -0.2) is 29.7 Å². The minimum absolute atomic E-state index is 0.143. The standard InChI is InChI=1S/C6H9N5O2/c1-7-5-4(6(12)8-2)9-3-11(5)10-13/h3,7H,1-2H3,(H,8,12). The van der Waals surface area contributed by atoms with Gasteiger partial charge in [-0.3, -0.25) is 4.79 Å². The van der Waals surface area contributed by atoms with E-state index in [9.17, 15) is 9.70 Å². The second kappa shape index (κ2) is 3.65. The molecule has 2 N–H and O–H groups in total. The summed E-state index contributed by atoms with van der Waals surface area (Å²) in [7, 11) is 3.06. The van der Waals surface area contributed by atoms with E-state index in [1.165, 1.54) is 13.4 Å². The van der Waals surface area contributed by atoms with Crippen LogP contribution in [0, 0.1) is 4.91 Å². The number of rotatable bonds is 3. The molecule has 1 heterocycles. The number of hydrogen-bond donors (Lipinski definition) is 2. The van der Waals surface area contributed by atoms with Gasteiger partial charge in [0.05, 0.1) is 5.29 Å². The molecular formula is C6H9N5O2. The first-order chi connectivity index (χ1) is 6.24. The Bertz CT molecular complexity index is 332. The maximum Gasteiger partial charge on any atom is 0.273 e. The van der Waals surface area contributed by atoms with Crippen LogP contribution in [0.5, 0.6) is 0 Å². The van der Waals surface area contributed by atoms with Crippen LogP contribution in [0.4, 0.5) is 5.82 Å². The molecule has 0 aliphatic carbocycles. The Morgan fingerprint density at radius 3 is 2.77 bits per heavy atom. The average molecular weight is 183 g/mol. The molecule has 0 aromatic carbocycles. The summed E-state index contributed by atoms with van der Waals surface area (Å²) in [5, 5.41) is 7.69. The summed E-state index contributed by atoms with van der Waals surface area (Å²) < 4.78 is 0.949. The zero-order valence-corrected chi connectivity index (χ0v) is 7.24. The van der Waals surface area contributed by atoms with E-state index in [-0.39, 0.29) is 17.4 Å². The molecule has 7 nitrogen and oxygen atoms in total. The van der Waals surface area contributed by atoms with Crippen molar-refractivity contribution in [2.45, 2.75) is 0 Å². The zero-order chi connectivity index (χ0) is 9.84. The van der Waals surface area contributed by atoms with Gasteiger partial charge < -0.3 is 10.6 Å². The van der Waals surface area contributed by atoms with Crippen LogP contribution in [0.1, 0.15) is 10.5 Å². The van der Waals surface area contributed by atoms with E-state index in [1.807, 2.05) is 0 Å². The number of carbonyl (C=O) groups excluding carboxylic acids is 1. The highest BCUT2D eigenvalue weighted by molar-refractivity contribution is 5.96. The molecule has 0 bridgehead atoms. The Balaban J connectivity index is 3.14. The molecule has 0 fully saturated rings. The molecule has 1 aromatic rings. The molecule has 0 saturated heterocycles. The summed E-state index contributed by atoms with van der Waals surface area (Å²) in [6.45, 7) is 0. The molecule has 70 valence electrons. The fourth-order valence-electron chi connectivity index (χ4n) is 0.919. The van der Waals surface area contributed by atoms with Crippen molar-refractivity contribution in [3.8, 4) is 0 Å². The molecule has 1 aromatic heterocycles. The molecule has 1 amide bonds. The number of aromatic nitrogens is 2. The van der Waals surface area contributed by atoms with Gasteiger partial charge in [0.25, 0.3) is 5.91 Å². The molecule has 0 atom stereocenters. The first-order valence-electron chi connectivity index (χ1n) is 3.55. The highest BCUT2D eigenvalue weighted by Crippen LogP contribution is 2.12. The minimum atomic E-state index is -0.369.